The number of hydrogen-bond acceptors (Lipinski definition) is 8. The Morgan fingerprint density at radius 2 is 0.455 bits per heavy atom. The SMILES string of the molecule is Cc1c(Cc2cc(C(C)(C)C)c(O)c(C(C)(C)C)c2)c(C)c(Cc2cc(C(C)(C)C)c(O)c(C(C)(C)C)c2)c(C)c1Cc1cc(C(C)(C)C)c(O)c(C(C)(C)C)c1.Cc1cc(O)c(C(C)(C)C)cc1C(C)CC(c1cc(C(C)(C)C)c(O)cc1C)c1cc(C(C)(C)C)c(O)cc1C.NN. The van der Waals surface area contributed by atoms with Gasteiger partial charge >= 0.3 is 0 Å². The maximum Gasteiger partial charge on any atom is 0.123 e. The fourth-order valence-corrected chi connectivity index (χ4v) is 14.7. The van der Waals surface area contributed by atoms with Crippen LogP contribution in [-0.2, 0) is 68.0 Å². The molecule has 8 nitrogen and oxygen atoms in total. The van der Waals surface area contributed by atoms with Crippen LogP contribution < -0.4 is 11.7 Å². The lowest BCUT2D eigenvalue weighted by Crippen LogP contribution is -2.19. The molecule has 0 fully saturated rings. The van der Waals surface area contributed by atoms with Crippen molar-refractivity contribution in [1.29, 1.82) is 0 Å². The molecule has 0 aliphatic rings. The van der Waals surface area contributed by atoms with Gasteiger partial charge in [0.1, 0.15) is 34.5 Å². The first-order valence-corrected chi connectivity index (χ1v) is 36.2. The summed E-state index contributed by atoms with van der Waals surface area (Å²) in [5.74, 6) is 10.5. The monoisotopic (exact) mass is 1350 g/mol. The van der Waals surface area contributed by atoms with E-state index in [1.807, 2.05) is 18.2 Å². The highest BCUT2D eigenvalue weighted by Crippen LogP contribution is 2.49. The second-order valence-electron chi connectivity index (χ2n) is 38.6. The van der Waals surface area contributed by atoms with Crippen LogP contribution in [0.3, 0.4) is 0 Å². The fourth-order valence-electron chi connectivity index (χ4n) is 14.7. The van der Waals surface area contributed by atoms with E-state index < -0.39 is 0 Å². The van der Waals surface area contributed by atoms with Crippen molar-refractivity contribution >= 4 is 0 Å². The quantitative estimate of drug-likeness (QED) is 0.0467. The molecule has 7 aromatic carbocycles. The Kier molecular flexibility index (Phi) is 24.6. The number of aromatic hydroxyl groups is 6. The number of rotatable bonds is 11. The Hall–Kier alpha value is -6.74. The van der Waals surface area contributed by atoms with Crippen molar-refractivity contribution in [3.63, 3.8) is 0 Å². The minimum atomic E-state index is -0.226. The minimum absolute atomic E-state index is 0.0460. The Morgan fingerprint density at radius 1 is 0.273 bits per heavy atom. The lowest BCUT2D eigenvalue weighted by atomic mass is 9.74. The maximum absolute atomic E-state index is 11.6. The van der Waals surface area contributed by atoms with E-state index >= 15 is 0 Å². The lowest BCUT2D eigenvalue weighted by Gasteiger charge is -2.31. The Bertz CT molecular complexity index is 3630. The van der Waals surface area contributed by atoms with E-state index in [9.17, 15) is 30.6 Å². The predicted molar refractivity (Wildman–Crippen MR) is 423 cm³/mol. The summed E-state index contributed by atoms with van der Waals surface area (Å²) < 4.78 is 0. The van der Waals surface area contributed by atoms with Gasteiger partial charge in [0.2, 0.25) is 0 Å². The standard InChI is InChI=1S/C54H78O3.C37H52O3.H4N2/c1-31-37(22-34-25-40(49(4,5)6)46(55)41(26-34)50(7,8)9)32(2)39(24-36-29-44(53(16,17)18)48(57)45(30-36)54(19,20)21)33(3)38(31)23-35-27-42(51(10,11)12)47(56)43(28-35)52(13,14)15;1-21(25-18-29(35(5,6)7)32(38)15-22(25)2)14-28(26-19-30(36(8,9)10)33(39)16-23(26)3)27-20-31(37(11,12)13)34(40)17-24(27)4;1-2/h25-30,55-57H,22-24H2,1-21H3;15-21,28,38-40H,14H2,1-13H3;1-2H2. The van der Waals surface area contributed by atoms with E-state index in [4.69, 9.17) is 0 Å². The van der Waals surface area contributed by atoms with Crippen LogP contribution in [0.15, 0.2) is 72.8 Å². The van der Waals surface area contributed by atoms with Crippen LogP contribution in [0, 0.1) is 41.5 Å². The van der Waals surface area contributed by atoms with Crippen LogP contribution in [0.2, 0.25) is 0 Å². The van der Waals surface area contributed by atoms with Gasteiger partial charge in [-0.25, -0.2) is 0 Å². The molecule has 0 aliphatic carbocycles. The molecule has 1 unspecified atom stereocenters. The van der Waals surface area contributed by atoms with Gasteiger partial charge < -0.3 is 30.6 Å². The Balaban J connectivity index is 0.000000369. The molecule has 99 heavy (non-hydrogen) atoms. The van der Waals surface area contributed by atoms with E-state index in [2.05, 4.69) is 302 Å². The number of phenols is 6. The summed E-state index contributed by atoms with van der Waals surface area (Å²) in [7, 11) is 0. The van der Waals surface area contributed by atoms with E-state index in [0.29, 0.717) is 34.5 Å². The number of aryl methyl sites for hydroxylation is 3. The average molecular weight is 1350 g/mol. The normalized spacial score (nSPS) is 13.3. The van der Waals surface area contributed by atoms with Crippen molar-refractivity contribution < 1.29 is 30.6 Å². The number of hydrazine groups is 1. The van der Waals surface area contributed by atoms with Crippen LogP contribution in [0.5, 0.6) is 34.5 Å². The molecule has 0 saturated heterocycles. The summed E-state index contributed by atoms with van der Waals surface area (Å²) >= 11 is 0. The van der Waals surface area contributed by atoms with E-state index in [1.165, 1.54) is 66.8 Å². The number of nitrogens with two attached hydrogens (primary N) is 2. The van der Waals surface area contributed by atoms with Gasteiger partial charge in [0.15, 0.2) is 0 Å². The van der Waals surface area contributed by atoms with Crippen LogP contribution in [0.1, 0.15) is 346 Å². The zero-order valence-electron chi connectivity index (χ0n) is 68.2. The molecule has 1 atom stereocenters. The largest absolute Gasteiger partial charge is 0.508 e. The van der Waals surface area contributed by atoms with E-state index in [0.717, 1.165) is 92.4 Å². The molecule has 0 bridgehead atoms. The van der Waals surface area contributed by atoms with Crippen molar-refractivity contribution in [2.45, 2.75) is 322 Å². The van der Waals surface area contributed by atoms with Crippen LogP contribution >= 0.6 is 0 Å². The topological polar surface area (TPSA) is 173 Å². The molecule has 0 amide bonds. The Morgan fingerprint density at radius 3 is 0.646 bits per heavy atom. The van der Waals surface area contributed by atoms with Gasteiger partial charge in [-0.15, -0.1) is 0 Å². The zero-order valence-corrected chi connectivity index (χ0v) is 68.2. The van der Waals surface area contributed by atoms with Gasteiger partial charge in [-0.1, -0.05) is 248 Å². The molecular formula is C91H134N2O6. The van der Waals surface area contributed by atoms with Gasteiger partial charge in [-0.2, -0.15) is 0 Å². The minimum Gasteiger partial charge on any atom is -0.508 e. The van der Waals surface area contributed by atoms with Crippen molar-refractivity contribution in [3.8, 4) is 34.5 Å². The number of hydrogen-bond donors (Lipinski definition) is 8. The highest BCUT2D eigenvalue weighted by molar-refractivity contribution is 5.61. The van der Waals surface area contributed by atoms with Crippen LogP contribution in [-0.4, -0.2) is 30.6 Å². The molecule has 544 valence electrons. The Labute approximate surface area is 601 Å². The molecule has 0 radical (unpaired) electrons. The molecule has 8 heteroatoms. The molecule has 10 N–H and O–H groups in total. The van der Waals surface area contributed by atoms with Crippen molar-refractivity contribution in [1.82, 2.24) is 0 Å². The number of benzene rings is 7. The van der Waals surface area contributed by atoms with Gasteiger partial charge in [0.05, 0.1) is 0 Å². The molecule has 7 rings (SSSR count). The van der Waals surface area contributed by atoms with Gasteiger partial charge in [0.25, 0.3) is 0 Å². The lowest BCUT2D eigenvalue weighted by molar-refractivity contribution is 0.422. The van der Waals surface area contributed by atoms with Gasteiger partial charge in [-0.3, -0.25) is 11.7 Å². The highest BCUT2D eigenvalue weighted by Gasteiger charge is 2.34. The summed E-state index contributed by atoms with van der Waals surface area (Å²) in [4.78, 5) is 0. The first-order valence-electron chi connectivity index (χ1n) is 36.2. The number of phenolic OH excluding ortho intramolecular Hbond substituents is 6. The van der Waals surface area contributed by atoms with Gasteiger partial charge in [-0.05, 0) is 274 Å². The summed E-state index contributed by atoms with van der Waals surface area (Å²) in [5, 5.41) is 67.5. The second-order valence-corrected chi connectivity index (χ2v) is 38.6. The third-order valence-corrected chi connectivity index (χ3v) is 20.7. The van der Waals surface area contributed by atoms with Crippen LogP contribution in [0.4, 0.5) is 0 Å². The third-order valence-electron chi connectivity index (χ3n) is 20.7. The molecule has 0 saturated carbocycles. The summed E-state index contributed by atoms with van der Waals surface area (Å²) in [6, 6.07) is 25.8. The molecule has 0 heterocycles. The highest BCUT2D eigenvalue weighted by atomic mass is 16.3. The smallest absolute Gasteiger partial charge is 0.123 e. The van der Waals surface area contributed by atoms with E-state index in [1.54, 1.807) is 0 Å². The predicted octanol–water partition coefficient (Wildman–Crippen LogP) is 23.1. The second kappa shape index (κ2) is 29.3. The molecule has 7 aromatic rings. The summed E-state index contributed by atoms with van der Waals surface area (Å²) in [5.41, 5.74) is 25.2. The maximum atomic E-state index is 11.6. The van der Waals surface area contributed by atoms with Crippen molar-refractivity contribution in [3.05, 3.63) is 206 Å². The fraction of sp³-hybridized carbons (Fsp3) is 0.538. The first-order chi connectivity index (χ1) is 44.7. The van der Waals surface area contributed by atoms with Crippen molar-refractivity contribution in [2.75, 3.05) is 0 Å². The van der Waals surface area contributed by atoms with E-state index in [-0.39, 0.29) is 60.6 Å². The molecule has 0 spiro atoms. The summed E-state index contributed by atoms with van der Waals surface area (Å²) in [6.07, 6.45) is 3.09. The van der Waals surface area contributed by atoms with Crippen molar-refractivity contribution in [2.24, 2.45) is 11.7 Å². The third kappa shape index (κ3) is 19.1. The average Bonchev–Trinajstić information content (AvgIpc) is 0.767. The van der Waals surface area contributed by atoms with Crippen LogP contribution in [0.25, 0.3) is 0 Å². The molecular weight excluding hydrogens is 1220 g/mol. The summed E-state index contributed by atoms with van der Waals surface area (Å²) in [6.45, 7) is 73.9. The van der Waals surface area contributed by atoms with Gasteiger partial charge in [0, 0.05) is 5.92 Å². The molecule has 0 aromatic heterocycles. The zero-order chi connectivity index (χ0) is 76.3. The molecule has 0 aliphatic heterocycles. The first kappa shape index (κ1) is 82.9.